The van der Waals surface area contributed by atoms with Gasteiger partial charge in [0.15, 0.2) is 0 Å². The van der Waals surface area contributed by atoms with E-state index in [1.807, 2.05) is 48.8 Å². The molecule has 0 aliphatic carbocycles. The number of hydrogen-bond acceptors (Lipinski definition) is 3. The molecule has 142 valence electrons. The van der Waals surface area contributed by atoms with E-state index in [1.165, 1.54) is 0 Å². The maximum atomic E-state index is 12.6. The Labute approximate surface area is 164 Å². The fraction of sp³-hybridized carbons (Fsp3) is 0.350. The number of amides is 1. The summed E-state index contributed by atoms with van der Waals surface area (Å²) in [7, 11) is 0. The SMILES string of the molecule is CC(C)Cc1nc(NC(=O)C[C@H](Cn2cccc2)c2ccc(Cl)cc2)n[nH]1. The molecule has 1 atom stereocenters. The maximum Gasteiger partial charge on any atom is 0.248 e. The highest BCUT2D eigenvalue weighted by Gasteiger charge is 2.18. The highest BCUT2D eigenvalue weighted by Crippen LogP contribution is 2.24. The van der Waals surface area contributed by atoms with Crippen LogP contribution in [0, 0.1) is 5.92 Å². The van der Waals surface area contributed by atoms with Crippen LogP contribution in [0.25, 0.3) is 0 Å². The van der Waals surface area contributed by atoms with Crippen molar-refractivity contribution < 1.29 is 4.79 Å². The predicted molar refractivity (Wildman–Crippen MR) is 107 cm³/mol. The quantitative estimate of drug-likeness (QED) is 0.608. The van der Waals surface area contributed by atoms with Gasteiger partial charge < -0.3 is 4.57 Å². The summed E-state index contributed by atoms with van der Waals surface area (Å²) in [6, 6.07) is 11.6. The molecule has 0 fully saturated rings. The number of aromatic amines is 1. The van der Waals surface area contributed by atoms with Gasteiger partial charge in [-0.15, -0.1) is 5.10 Å². The summed E-state index contributed by atoms with van der Waals surface area (Å²) < 4.78 is 2.07. The summed E-state index contributed by atoms with van der Waals surface area (Å²) >= 11 is 6.01. The molecular formula is C20H24ClN5O. The van der Waals surface area contributed by atoms with Gasteiger partial charge in [-0.1, -0.05) is 37.6 Å². The Morgan fingerprint density at radius 3 is 2.59 bits per heavy atom. The molecule has 1 amide bonds. The number of nitrogens with zero attached hydrogens (tertiary/aromatic N) is 3. The van der Waals surface area contributed by atoms with Gasteiger partial charge in [-0.05, 0) is 35.7 Å². The molecule has 6 nitrogen and oxygen atoms in total. The van der Waals surface area contributed by atoms with Crippen LogP contribution in [-0.4, -0.2) is 25.7 Å². The average molecular weight is 386 g/mol. The summed E-state index contributed by atoms with van der Waals surface area (Å²) in [5.41, 5.74) is 1.07. The van der Waals surface area contributed by atoms with Crippen LogP contribution >= 0.6 is 11.6 Å². The van der Waals surface area contributed by atoms with Crippen LogP contribution in [0.2, 0.25) is 5.02 Å². The standard InChI is InChI=1S/C20H24ClN5O/c1-14(2)11-18-22-20(25-24-18)23-19(27)12-16(13-26-9-3-4-10-26)15-5-7-17(21)8-6-15/h3-10,14,16H,11-13H2,1-2H3,(H2,22,23,24,25,27)/t16-/m1/s1. The third kappa shape index (κ3) is 5.69. The third-order valence-electron chi connectivity index (χ3n) is 4.26. The van der Waals surface area contributed by atoms with E-state index in [9.17, 15) is 4.79 Å². The first-order valence-electron chi connectivity index (χ1n) is 9.07. The summed E-state index contributed by atoms with van der Waals surface area (Å²) in [6.07, 6.45) is 5.11. The molecular weight excluding hydrogens is 362 g/mol. The molecule has 0 saturated carbocycles. The van der Waals surface area contributed by atoms with Crippen molar-refractivity contribution in [2.75, 3.05) is 5.32 Å². The van der Waals surface area contributed by atoms with Crippen molar-refractivity contribution in [3.05, 3.63) is 65.2 Å². The van der Waals surface area contributed by atoms with Gasteiger partial charge >= 0.3 is 0 Å². The monoisotopic (exact) mass is 385 g/mol. The van der Waals surface area contributed by atoms with E-state index >= 15 is 0 Å². The van der Waals surface area contributed by atoms with E-state index in [0.717, 1.165) is 17.8 Å². The summed E-state index contributed by atoms with van der Waals surface area (Å²) in [6.45, 7) is 4.92. The topological polar surface area (TPSA) is 75.6 Å². The number of H-pyrrole nitrogens is 1. The van der Waals surface area contributed by atoms with Crippen molar-refractivity contribution in [3.8, 4) is 0 Å². The van der Waals surface area contributed by atoms with Crippen LogP contribution in [0.5, 0.6) is 0 Å². The molecule has 0 radical (unpaired) electrons. The van der Waals surface area contributed by atoms with Gasteiger partial charge in [-0.3, -0.25) is 15.2 Å². The Kier molecular flexibility index (Phi) is 6.29. The molecule has 2 N–H and O–H groups in total. The predicted octanol–water partition coefficient (Wildman–Crippen LogP) is 4.27. The highest BCUT2D eigenvalue weighted by atomic mass is 35.5. The average Bonchev–Trinajstić information content (AvgIpc) is 3.26. The van der Waals surface area contributed by atoms with Crippen molar-refractivity contribution in [1.82, 2.24) is 19.7 Å². The first kappa shape index (κ1) is 19.2. The zero-order chi connectivity index (χ0) is 19.2. The Morgan fingerprint density at radius 2 is 1.93 bits per heavy atom. The second kappa shape index (κ2) is 8.86. The van der Waals surface area contributed by atoms with Gasteiger partial charge in [0.05, 0.1) is 0 Å². The normalized spacial score (nSPS) is 12.3. The van der Waals surface area contributed by atoms with Crippen molar-refractivity contribution in [2.24, 2.45) is 5.92 Å². The summed E-state index contributed by atoms with van der Waals surface area (Å²) in [4.78, 5) is 16.9. The van der Waals surface area contributed by atoms with Crippen LogP contribution in [0.1, 0.15) is 37.6 Å². The van der Waals surface area contributed by atoms with Gasteiger partial charge in [0.1, 0.15) is 5.82 Å². The smallest absolute Gasteiger partial charge is 0.248 e. The van der Waals surface area contributed by atoms with Crippen LogP contribution in [0.4, 0.5) is 5.95 Å². The van der Waals surface area contributed by atoms with Crippen molar-refractivity contribution >= 4 is 23.5 Å². The van der Waals surface area contributed by atoms with Gasteiger partial charge in [0.25, 0.3) is 0 Å². The van der Waals surface area contributed by atoms with Gasteiger partial charge in [-0.2, -0.15) is 4.98 Å². The fourth-order valence-electron chi connectivity index (χ4n) is 3.00. The number of anilines is 1. The number of hydrogen-bond donors (Lipinski definition) is 2. The minimum atomic E-state index is -0.114. The molecule has 1 aromatic carbocycles. The molecule has 0 aliphatic rings. The number of carbonyl (C=O) groups is 1. The van der Waals surface area contributed by atoms with Crippen molar-refractivity contribution in [2.45, 2.75) is 39.2 Å². The first-order chi connectivity index (χ1) is 13.0. The van der Waals surface area contributed by atoms with Gasteiger partial charge in [0.2, 0.25) is 11.9 Å². The first-order valence-corrected chi connectivity index (χ1v) is 9.44. The van der Waals surface area contributed by atoms with E-state index < -0.39 is 0 Å². The summed E-state index contributed by atoms with van der Waals surface area (Å²) in [5.74, 6) is 1.48. The zero-order valence-electron chi connectivity index (χ0n) is 15.5. The van der Waals surface area contributed by atoms with E-state index in [4.69, 9.17) is 11.6 Å². The van der Waals surface area contributed by atoms with E-state index in [-0.39, 0.29) is 11.8 Å². The Bertz CT molecular complexity index is 855. The molecule has 0 bridgehead atoms. The van der Waals surface area contributed by atoms with Crippen LogP contribution in [-0.2, 0) is 17.8 Å². The molecule has 3 aromatic rings. The van der Waals surface area contributed by atoms with Crippen LogP contribution < -0.4 is 5.32 Å². The molecule has 0 spiro atoms. The summed E-state index contributed by atoms with van der Waals surface area (Å²) in [5, 5.41) is 10.4. The van der Waals surface area contributed by atoms with E-state index in [0.29, 0.717) is 29.9 Å². The van der Waals surface area contributed by atoms with Gasteiger partial charge in [-0.25, -0.2) is 0 Å². The molecule has 0 aliphatic heterocycles. The Balaban J connectivity index is 1.68. The van der Waals surface area contributed by atoms with Crippen LogP contribution in [0.15, 0.2) is 48.8 Å². The second-order valence-corrected chi connectivity index (χ2v) is 7.52. The van der Waals surface area contributed by atoms with Crippen molar-refractivity contribution in [1.29, 1.82) is 0 Å². The van der Waals surface area contributed by atoms with Crippen LogP contribution in [0.3, 0.4) is 0 Å². The molecule has 7 heteroatoms. The number of nitrogens with one attached hydrogen (secondary N) is 2. The zero-order valence-corrected chi connectivity index (χ0v) is 16.3. The largest absolute Gasteiger partial charge is 0.354 e. The molecule has 0 unspecified atom stereocenters. The van der Waals surface area contributed by atoms with Crippen molar-refractivity contribution in [3.63, 3.8) is 0 Å². The number of aromatic nitrogens is 4. The number of benzene rings is 1. The minimum Gasteiger partial charge on any atom is -0.354 e. The lowest BCUT2D eigenvalue weighted by Crippen LogP contribution is -2.19. The fourth-order valence-corrected chi connectivity index (χ4v) is 3.12. The Morgan fingerprint density at radius 1 is 1.22 bits per heavy atom. The number of carbonyl (C=O) groups excluding carboxylic acids is 1. The number of halogens is 1. The van der Waals surface area contributed by atoms with E-state index in [1.54, 1.807) is 0 Å². The lowest BCUT2D eigenvalue weighted by atomic mass is 9.95. The van der Waals surface area contributed by atoms with E-state index in [2.05, 4.69) is 38.9 Å². The molecule has 2 aromatic heterocycles. The Hall–Kier alpha value is -2.60. The lowest BCUT2D eigenvalue weighted by molar-refractivity contribution is -0.116. The molecule has 27 heavy (non-hydrogen) atoms. The number of rotatable bonds is 8. The third-order valence-corrected chi connectivity index (χ3v) is 4.51. The maximum absolute atomic E-state index is 12.6. The molecule has 2 heterocycles. The minimum absolute atomic E-state index is 0.0174. The molecule has 0 saturated heterocycles. The highest BCUT2D eigenvalue weighted by molar-refractivity contribution is 6.30. The second-order valence-electron chi connectivity index (χ2n) is 7.08. The molecule has 3 rings (SSSR count). The van der Waals surface area contributed by atoms with Gasteiger partial charge in [0, 0.05) is 42.7 Å². The lowest BCUT2D eigenvalue weighted by Gasteiger charge is -2.18.